The van der Waals surface area contributed by atoms with Gasteiger partial charge in [0.2, 0.25) is 0 Å². The summed E-state index contributed by atoms with van der Waals surface area (Å²) in [7, 11) is 0. The first kappa shape index (κ1) is 12.7. The number of nitrogens with zero attached hydrogens (tertiary/aromatic N) is 1. The molecule has 1 radical (unpaired) electrons. The molecule has 17 heavy (non-hydrogen) atoms. The average Bonchev–Trinajstić information content (AvgIpc) is 2.30. The van der Waals surface area contributed by atoms with Crippen LogP contribution in [-0.2, 0) is 11.7 Å². The smallest absolute Gasteiger partial charge is 0.107 e. The van der Waals surface area contributed by atoms with Crippen molar-refractivity contribution in [2.45, 2.75) is 6.61 Å². The highest BCUT2D eigenvalue weighted by molar-refractivity contribution is 6.37. The Morgan fingerprint density at radius 1 is 1.06 bits per heavy atom. The van der Waals surface area contributed by atoms with Crippen LogP contribution in [0.3, 0.4) is 0 Å². The van der Waals surface area contributed by atoms with E-state index in [1.54, 1.807) is 24.3 Å². The Morgan fingerprint density at radius 2 is 1.82 bits per heavy atom. The molecular weight excluding hydrogens is 280 g/mol. The van der Waals surface area contributed by atoms with E-state index in [0.717, 1.165) is 0 Å². The van der Waals surface area contributed by atoms with Crippen molar-refractivity contribution in [3.8, 4) is 11.3 Å². The molecule has 2 rings (SSSR count). The normalized spacial score (nSPS) is 10.6. The average molecular weight is 288 g/mol. The molecule has 0 aliphatic rings. The Hall–Kier alpha value is -0.800. The van der Waals surface area contributed by atoms with E-state index in [2.05, 4.69) is 4.98 Å². The van der Waals surface area contributed by atoms with Crippen molar-refractivity contribution in [3.05, 3.63) is 51.1 Å². The number of hydrogen-bond acceptors (Lipinski definition) is 1. The molecule has 0 saturated heterocycles. The van der Waals surface area contributed by atoms with Crippen LogP contribution >= 0.6 is 34.8 Å². The van der Waals surface area contributed by atoms with E-state index in [-0.39, 0.29) is 6.61 Å². The first-order chi connectivity index (χ1) is 8.11. The highest BCUT2D eigenvalue weighted by atomic mass is 35.5. The van der Waals surface area contributed by atoms with Crippen LogP contribution in [0.15, 0.2) is 30.5 Å². The minimum absolute atomic E-state index is 0.310. The second kappa shape index (κ2) is 5.23. The van der Waals surface area contributed by atoms with Gasteiger partial charge >= 0.3 is 0 Å². The lowest BCUT2D eigenvalue weighted by Gasteiger charge is -2.07. The van der Waals surface area contributed by atoms with E-state index < -0.39 is 0 Å². The SMILES string of the molecule is [O]Cc1ccc(Cl)c(-c2ncc(Cl)cc2Cl)c1. The topological polar surface area (TPSA) is 32.8 Å². The van der Waals surface area contributed by atoms with E-state index in [1.165, 1.54) is 6.20 Å². The minimum Gasteiger partial charge on any atom is -0.253 e. The summed E-state index contributed by atoms with van der Waals surface area (Å²) in [5.74, 6) is 0. The highest BCUT2D eigenvalue weighted by Crippen LogP contribution is 2.33. The Bertz CT molecular complexity index is 557. The van der Waals surface area contributed by atoms with Crippen LogP contribution in [0, 0.1) is 0 Å². The number of aromatic nitrogens is 1. The van der Waals surface area contributed by atoms with Crippen molar-refractivity contribution in [1.29, 1.82) is 0 Å². The molecule has 0 N–H and O–H groups in total. The highest BCUT2D eigenvalue weighted by Gasteiger charge is 2.10. The minimum atomic E-state index is -0.310. The number of benzene rings is 1. The molecule has 0 unspecified atom stereocenters. The zero-order valence-electron chi connectivity index (χ0n) is 8.58. The molecule has 0 fully saturated rings. The Morgan fingerprint density at radius 3 is 2.47 bits per heavy atom. The third kappa shape index (κ3) is 2.72. The molecule has 5 heteroatoms. The van der Waals surface area contributed by atoms with E-state index >= 15 is 0 Å². The zero-order chi connectivity index (χ0) is 12.4. The fourth-order valence-electron chi connectivity index (χ4n) is 1.46. The first-order valence-electron chi connectivity index (χ1n) is 4.80. The van der Waals surface area contributed by atoms with Crippen molar-refractivity contribution >= 4 is 34.8 Å². The van der Waals surface area contributed by atoms with E-state index in [0.29, 0.717) is 31.9 Å². The summed E-state index contributed by atoms with van der Waals surface area (Å²) in [6.45, 7) is -0.310. The summed E-state index contributed by atoms with van der Waals surface area (Å²) in [5, 5.41) is 12.2. The summed E-state index contributed by atoms with van der Waals surface area (Å²) in [6.07, 6.45) is 1.49. The van der Waals surface area contributed by atoms with Crippen molar-refractivity contribution in [2.75, 3.05) is 0 Å². The van der Waals surface area contributed by atoms with Crippen molar-refractivity contribution < 1.29 is 5.11 Å². The lowest BCUT2D eigenvalue weighted by molar-refractivity contribution is 0.177. The molecule has 0 atom stereocenters. The van der Waals surface area contributed by atoms with Gasteiger partial charge in [0.1, 0.15) is 6.61 Å². The van der Waals surface area contributed by atoms with Crippen LogP contribution < -0.4 is 0 Å². The number of pyridine rings is 1. The molecule has 1 aromatic carbocycles. The second-order valence-corrected chi connectivity index (χ2v) is 4.69. The van der Waals surface area contributed by atoms with Gasteiger partial charge in [0.15, 0.2) is 0 Å². The molecule has 0 amide bonds. The van der Waals surface area contributed by atoms with Gasteiger partial charge in [-0.3, -0.25) is 4.98 Å². The molecule has 0 bridgehead atoms. The first-order valence-corrected chi connectivity index (χ1v) is 5.93. The van der Waals surface area contributed by atoms with E-state index in [1.807, 2.05) is 0 Å². The van der Waals surface area contributed by atoms with Crippen LogP contribution in [0.1, 0.15) is 5.56 Å². The molecule has 0 saturated carbocycles. The summed E-state index contributed by atoms with van der Waals surface area (Å²) >= 11 is 17.9. The van der Waals surface area contributed by atoms with Gasteiger partial charge in [0.25, 0.3) is 0 Å². The predicted molar refractivity (Wildman–Crippen MR) is 69.1 cm³/mol. The molecule has 0 aliphatic carbocycles. The molecule has 87 valence electrons. The maximum atomic E-state index is 10.8. The van der Waals surface area contributed by atoms with Gasteiger partial charge in [-0.1, -0.05) is 40.9 Å². The molecule has 0 spiro atoms. The number of halogens is 3. The molecule has 2 nitrogen and oxygen atoms in total. The zero-order valence-corrected chi connectivity index (χ0v) is 10.9. The number of rotatable bonds is 2. The predicted octanol–water partition coefficient (Wildman–Crippen LogP) is 4.64. The Balaban J connectivity index is 2.59. The van der Waals surface area contributed by atoms with Gasteiger partial charge in [-0.15, -0.1) is 0 Å². The Labute approximate surface area is 114 Å². The molecule has 1 heterocycles. The van der Waals surface area contributed by atoms with Crippen LogP contribution in [0.2, 0.25) is 15.1 Å². The van der Waals surface area contributed by atoms with E-state index in [4.69, 9.17) is 34.8 Å². The van der Waals surface area contributed by atoms with Crippen LogP contribution in [-0.4, -0.2) is 4.98 Å². The molecule has 2 aromatic rings. The second-order valence-electron chi connectivity index (χ2n) is 3.44. The Kier molecular flexibility index (Phi) is 3.89. The van der Waals surface area contributed by atoms with Crippen molar-refractivity contribution in [2.24, 2.45) is 0 Å². The van der Waals surface area contributed by atoms with Gasteiger partial charge in [-0.2, -0.15) is 0 Å². The van der Waals surface area contributed by atoms with Crippen LogP contribution in [0.5, 0.6) is 0 Å². The van der Waals surface area contributed by atoms with E-state index in [9.17, 15) is 5.11 Å². The maximum Gasteiger partial charge on any atom is 0.107 e. The van der Waals surface area contributed by atoms with Gasteiger partial charge < -0.3 is 0 Å². The van der Waals surface area contributed by atoms with Gasteiger partial charge in [0.05, 0.1) is 20.8 Å². The van der Waals surface area contributed by atoms with Gasteiger partial charge in [0, 0.05) is 11.8 Å². The monoisotopic (exact) mass is 286 g/mol. The molecular formula is C12H7Cl3NO. The number of hydrogen-bond donors (Lipinski definition) is 0. The lowest BCUT2D eigenvalue weighted by Crippen LogP contribution is -1.89. The third-order valence-corrected chi connectivity index (χ3v) is 3.08. The fourth-order valence-corrected chi connectivity index (χ4v) is 2.15. The standard InChI is InChI=1S/C12H7Cl3NO/c13-8-4-11(15)12(16-5-8)9-3-7(6-17)1-2-10(9)14/h1-5H,6H2. The third-order valence-electron chi connectivity index (χ3n) is 2.26. The molecule has 0 aliphatic heterocycles. The largest absolute Gasteiger partial charge is 0.253 e. The summed E-state index contributed by atoms with van der Waals surface area (Å²) in [4.78, 5) is 4.13. The lowest BCUT2D eigenvalue weighted by atomic mass is 10.1. The summed E-state index contributed by atoms with van der Waals surface area (Å²) < 4.78 is 0. The maximum absolute atomic E-state index is 10.8. The van der Waals surface area contributed by atoms with Crippen molar-refractivity contribution in [1.82, 2.24) is 4.98 Å². The van der Waals surface area contributed by atoms with Gasteiger partial charge in [-0.25, -0.2) is 5.11 Å². The molecule has 1 aromatic heterocycles. The quantitative estimate of drug-likeness (QED) is 0.792. The van der Waals surface area contributed by atoms with Crippen LogP contribution in [0.25, 0.3) is 11.3 Å². The van der Waals surface area contributed by atoms with Crippen LogP contribution in [0.4, 0.5) is 0 Å². The summed E-state index contributed by atoms with van der Waals surface area (Å²) in [5.41, 5.74) is 1.80. The van der Waals surface area contributed by atoms with Crippen molar-refractivity contribution in [3.63, 3.8) is 0 Å². The van der Waals surface area contributed by atoms with Gasteiger partial charge in [-0.05, 0) is 23.8 Å². The summed E-state index contributed by atoms with van der Waals surface area (Å²) in [6, 6.07) is 6.63. The fraction of sp³-hybridized carbons (Fsp3) is 0.0833.